The van der Waals surface area contributed by atoms with Gasteiger partial charge in [-0.25, -0.2) is 0 Å². The van der Waals surface area contributed by atoms with E-state index < -0.39 is 16.1 Å². The molecule has 13 heavy (non-hydrogen) atoms. The summed E-state index contributed by atoms with van der Waals surface area (Å²) >= 11 is 0. The number of hydrogen-bond acceptors (Lipinski definition) is 5. The molecule has 0 saturated heterocycles. The maximum atomic E-state index is 10.2. The Hall–Kier alpha value is -0.210. The van der Waals surface area contributed by atoms with Crippen LogP contribution in [0, 0.1) is 0 Å². The van der Waals surface area contributed by atoms with E-state index in [9.17, 15) is 8.42 Å². The molecule has 0 aliphatic heterocycles. The molecule has 1 aromatic heterocycles. The summed E-state index contributed by atoms with van der Waals surface area (Å²) in [5.41, 5.74) is 0. The zero-order valence-electron chi connectivity index (χ0n) is 5.91. The first-order valence-corrected chi connectivity index (χ1v) is 4.54. The molecule has 0 aliphatic rings. The SMILES string of the molecule is O=S(=O)(O)COc1cccnn1.[NaH]. The molecule has 0 amide bonds. The van der Waals surface area contributed by atoms with Gasteiger partial charge in [0.2, 0.25) is 11.8 Å². The predicted octanol–water partition coefficient (Wildman–Crippen LogP) is -0.948. The molecule has 68 valence electrons. The minimum atomic E-state index is -4.11. The van der Waals surface area contributed by atoms with Crippen LogP contribution in [0.1, 0.15) is 0 Å². The summed E-state index contributed by atoms with van der Waals surface area (Å²) in [6.45, 7) is 0. The molecule has 0 atom stereocenters. The second-order valence-electron chi connectivity index (χ2n) is 1.91. The fourth-order valence-electron chi connectivity index (χ4n) is 0.499. The van der Waals surface area contributed by atoms with Crippen LogP contribution in [-0.4, -0.2) is 58.7 Å². The van der Waals surface area contributed by atoms with Gasteiger partial charge in [0.05, 0.1) is 0 Å². The summed E-state index contributed by atoms with van der Waals surface area (Å²) in [6, 6.07) is 2.96. The van der Waals surface area contributed by atoms with Gasteiger partial charge in [-0.1, -0.05) is 0 Å². The summed E-state index contributed by atoms with van der Waals surface area (Å²) < 4.78 is 33.2. The van der Waals surface area contributed by atoms with Crippen LogP contribution in [0.25, 0.3) is 0 Å². The molecular formula is C5H7N2NaO4S. The van der Waals surface area contributed by atoms with Crippen LogP contribution >= 0.6 is 0 Å². The average Bonchev–Trinajstić information content (AvgIpc) is 2.02. The zero-order chi connectivity index (χ0) is 9.03. The Bertz CT molecular complexity index is 341. The third kappa shape index (κ3) is 5.94. The number of ether oxygens (including phenoxy) is 1. The van der Waals surface area contributed by atoms with E-state index in [1.54, 1.807) is 0 Å². The summed E-state index contributed by atoms with van der Waals surface area (Å²) in [7, 11) is -4.11. The van der Waals surface area contributed by atoms with Crippen molar-refractivity contribution in [2.45, 2.75) is 0 Å². The van der Waals surface area contributed by atoms with E-state index in [-0.39, 0.29) is 35.4 Å². The molecule has 1 heterocycles. The fraction of sp³-hybridized carbons (Fsp3) is 0.200. The number of hydrogen-bond donors (Lipinski definition) is 1. The minimum absolute atomic E-state index is 0. The molecule has 1 aromatic rings. The summed E-state index contributed by atoms with van der Waals surface area (Å²) in [6.07, 6.45) is 1.42. The van der Waals surface area contributed by atoms with Gasteiger partial charge in [0, 0.05) is 12.3 Å². The van der Waals surface area contributed by atoms with Crippen LogP contribution in [0.4, 0.5) is 0 Å². The summed E-state index contributed by atoms with van der Waals surface area (Å²) in [5, 5.41) is 6.87. The molecule has 0 unspecified atom stereocenters. The average molecular weight is 214 g/mol. The Morgan fingerprint density at radius 2 is 2.23 bits per heavy atom. The quantitative estimate of drug-likeness (QED) is 0.515. The Morgan fingerprint density at radius 3 is 2.69 bits per heavy atom. The second kappa shape index (κ2) is 5.51. The number of nitrogens with zero attached hydrogens (tertiary/aromatic N) is 2. The van der Waals surface area contributed by atoms with E-state index in [1.165, 1.54) is 18.3 Å². The van der Waals surface area contributed by atoms with Crippen LogP contribution in [0.15, 0.2) is 18.3 Å². The normalized spacial score (nSPS) is 10.2. The molecule has 0 aromatic carbocycles. The van der Waals surface area contributed by atoms with Crippen molar-refractivity contribution in [2.75, 3.05) is 5.94 Å². The van der Waals surface area contributed by atoms with Crippen LogP contribution < -0.4 is 4.74 Å². The Morgan fingerprint density at radius 1 is 1.54 bits per heavy atom. The van der Waals surface area contributed by atoms with Crippen molar-refractivity contribution in [1.29, 1.82) is 0 Å². The van der Waals surface area contributed by atoms with E-state index in [0.29, 0.717) is 0 Å². The van der Waals surface area contributed by atoms with E-state index in [0.717, 1.165) is 0 Å². The van der Waals surface area contributed by atoms with E-state index in [1.807, 2.05) is 0 Å². The third-order valence-electron chi connectivity index (χ3n) is 0.904. The molecule has 0 bridgehead atoms. The van der Waals surface area contributed by atoms with E-state index in [2.05, 4.69) is 14.9 Å². The molecule has 0 radical (unpaired) electrons. The van der Waals surface area contributed by atoms with Gasteiger partial charge in [-0.2, -0.15) is 13.5 Å². The molecule has 1 N–H and O–H groups in total. The molecule has 0 fully saturated rings. The van der Waals surface area contributed by atoms with Crippen molar-refractivity contribution >= 4 is 39.7 Å². The van der Waals surface area contributed by atoms with Crippen LogP contribution in [0.3, 0.4) is 0 Å². The Labute approximate surface area is 97.4 Å². The van der Waals surface area contributed by atoms with Gasteiger partial charge in [0.25, 0.3) is 0 Å². The zero-order valence-corrected chi connectivity index (χ0v) is 6.73. The van der Waals surface area contributed by atoms with Crippen molar-refractivity contribution < 1.29 is 17.7 Å². The molecule has 1 rings (SSSR count). The van der Waals surface area contributed by atoms with E-state index >= 15 is 0 Å². The predicted molar refractivity (Wildman–Crippen MR) is 46.2 cm³/mol. The van der Waals surface area contributed by atoms with Gasteiger partial charge in [-0.05, 0) is 6.07 Å². The van der Waals surface area contributed by atoms with Crippen molar-refractivity contribution in [3.63, 3.8) is 0 Å². The second-order valence-corrected chi connectivity index (χ2v) is 3.31. The van der Waals surface area contributed by atoms with E-state index in [4.69, 9.17) is 4.55 Å². The molecule has 0 saturated carbocycles. The standard InChI is InChI=1S/C5H6N2O4S.Na.H/c8-12(9,10)4-11-5-2-1-3-6-7-5;;/h1-3H,4H2,(H,8,9,10);;. The molecule has 6 nitrogen and oxygen atoms in total. The Balaban J connectivity index is 0.00000144. The van der Waals surface area contributed by atoms with Crippen molar-refractivity contribution in [3.05, 3.63) is 18.3 Å². The molecule has 0 spiro atoms. The van der Waals surface area contributed by atoms with Crippen LogP contribution in [0.2, 0.25) is 0 Å². The number of rotatable bonds is 3. The third-order valence-corrected chi connectivity index (χ3v) is 1.32. The Kier molecular flexibility index (Phi) is 5.42. The fourth-order valence-corrected chi connectivity index (χ4v) is 0.769. The van der Waals surface area contributed by atoms with Crippen LogP contribution in [0.5, 0.6) is 5.88 Å². The van der Waals surface area contributed by atoms with Gasteiger partial charge >= 0.3 is 39.7 Å². The van der Waals surface area contributed by atoms with Gasteiger partial charge in [0.15, 0.2) is 0 Å². The first-order chi connectivity index (χ1) is 5.58. The monoisotopic (exact) mass is 214 g/mol. The number of aromatic nitrogens is 2. The van der Waals surface area contributed by atoms with Gasteiger partial charge in [-0.3, -0.25) is 4.55 Å². The molecular weight excluding hydrogens is 207 g/mol. The molecule has 0 aliphatic carbocycles. The maximum absolute atomic E-state index is 10.2. The first kappa shape index (κ1) is 12.8. The van der Waals surface area contributed by atoms with Gasteiger partial charge < -0.3 is 4.74 Å². The topological polar surface area (TPSA) is 89.4 Å². The van der Waals surface area contributed by atoms with Gasteiger partial charge in [0.1, 0.15) is 0 Å². The summed E-state index contributed by atoms with van der Waals surface area (Å²) in [5.74, 6) is -0.763. The summed E-state index contributed by atoms with van der Waals surface area (Å²) in [4.78, 5) is 0. The van der Waals surface area contributed by atoms with Crippen molar-refractivity contribution in [2.24, 2.45) is 0 Å². The van der Waals surface area contributed by atoms with Crippen molar-refractivity contribution in [1.82, 2.24) is 10.2 Å². The molecule has 8 heteroatoms. The van der Waals surface area contributed by atoms with Crippen molar-refractivity contribution in [3.8, 4) is 5.88 Å². The van der Waals surface area contributed by atoms with Gasteiger partial charge in [-0.15, -0.1) is 5.10 Å². The van der Waals surface area contributed by atoms with Crippen LogP contribution in [-0.2, 0) is 10.1 Å². The first-order valence-electron chi connectivity index (χ1n) is 2.93.